The van der Waals surface area contributed by atoms with Gasteiger partial charge in [0.25, 0.3) is 5.60 Å². The van der Waals surface area contributed by atoms with Gasteiger partial charge in [0.05, 0.1) is 32.3 Å². The van der Waals surface area contributed by atoms with Gasteiger partial charge in [0, 0.05) is 25.7 Å². The van der Waals surface area contributed by atoms with E-state index in [0.29, 0.717) is 12.0 Å². The van der Waals surface area contributed by atoms with Crippen LogP contribution in [0.3, 0.4) is 0 Å². The predicted octanol–water partition coefficient (Wildman–Crippen LogP) is 1.58. The number of benzene rings is 1. The second-order valence-electron chi connectivity index (χ2n) is 7.53. The maximum Gasteiger partial charge on any atom is 0.350 e. The number of amides is 2. The number of esters is 2. The summed E-state index contributed by atoms with van der Waals surface area (Å²) in [6, 6.07) is 8.85. The molecular formula is C26H34N2O8. The van der Waals surface area contributed by atoms with Gasteiger partial charge in [-0.05, 0) is 26.3 Å². The lowest BCUT2D eigenvalue weighted by molar-refractivity contribution is -0.197. The van der Waals surface area contributed by atoms with Gasteiger partial charge < -0.3 is 24.3 Å². The van der Waals surface area contributed by atoms with Crippen LogP contribution in [0.25, 0.3) is 0 Å². The molecule has 0 radical (unpaired) electrons. The molecule has 0 heterocycles. The van der Waals surface area contributed by atoms with Gasteiger partial charge in [-0.2, -0.15) is 0 Å². The molecule has 0 aliphatic carbocycles. The Kier molecular flexibility index (Phi) is 13.6. The number of carbonyl (C=O) groups excluding carboxylic acids is 4. The van der Waals surface area contributed by atoms with Gasteiger partial charge in [0.1, 0.15) is 6.23 Å². The lowest BCUT2D eigenvalue weighted by Gasteiger charge is -2.32. The fraction of sp³-hybridized carbons (Fsp3) is 0.462. The molecular weight excluding hydrogens is 468 g/mol. The summed E-state index contributed by atoms with van der Waals surface area (Å²) >= 11 is 0. The van der Waals surface area contributed by atoms with Gasteiger partial charge in [-0.25, -0.2) is 9.59 Å². The molecule has 196 valence electrons. The van der Waals surface area contributed by atoms with Crippen LogP contribution in [0.4, 0.5) is 0 Å². The molecule has 2 unspecified atom stereocenters. The topological polar surface area (TPSA) is 120 Å². The Balaban J connectivity index is 3.17. The maximum atomic E-state index is 13.0. The quantitative estimate of drug-likeness (QED) is 0.0904. The summed E-state index contributed by atoms with van der Waals surface area (Å²) in [6.45, 7) is 4.68. The van der Waals surface area contributed by atoms with E-state index in [1.807, 2.05) is 0 Å². The lowest BCUT2D eigenvalue weighted by atomic mass is 9.94. The Labute approximate surface area is 211 Å². The van der Waals surface area contributed by atoms with Crippen LogP contribution >= 0.6 is 0 Å². The third kappa shape index (κ3) is 9.17. The molecule has 0 bridgehead atoms. The third-order valence-electron chi connectivity index (χ3n) is 4.85. The summed E-state index contributed by atoms with van der Waals surface area (Å²) in [7, 11) is 1.45. The van der Waals surface area contributed by atoms with Crippen molar-refractivity contribution in [1.29, 1.82) is 0 Å². The van der Waals surface area contributed by atoms with Crippen LogP contribution in [0.2, 0.25) is 0 Å². The molecule has 0 aromatic heterocycles. The molecule has 10 heteroatoms. The molecule has 0 saturated heterocycles. The van der Waals surface area contributed by atoms with Gasteiger partial charge in [0.15, 0.2) is 0 Å². The van der Waals surface area contributed by atoms with Crippen LogP contribution in [0.5, 0.6) is 0 Å². The zero-order valence-electron chi connectivity index (χ0n) is 21.1. The van der Waals surface area contributed by atoms with Crippen molar-refractivity contribution in [2.24, 2.45) is 0 Å². The lowest BCUT2D eigenvalue weighted by Crippen LogP contribution is -2.54. The largest absolute Gasteiger partial charge is 0.463 e. The first-order chi connectivity index (χ1) is 17.3. The van der Waals surface area contributed by atoms with Gasteiger partial charge in [0.2, 0.25) is 12.3 Å². The monoisotopic (exact) mass is 502 g/mol. The van der Waals surface area contributed by atoms with Crippen molar-refractivity contribution in [2.75, 3.05) is 26.9 Å². The standard InChI is InChI=1S/C26H34N2O8/c1-6-12-23(28(19-29)16-15-22(30)27-5)36-20(4)18-35-26(24(31)33-7-2,25(32)34-8-3)17-21-13-10-9-11-14-21/h1,9-11,13-16,19-20,23H,7-8,12,17-18H2,2-5H3,(H,27,30)/b16-15-. The second kappa shape index (κ2) is 16.1. The fourth-order valence-electron chi connectivity index (χ4n) is 3.10. The predicted molar refractivity (Wildman–Crippen MR) is 131 cm³/mol. The van der Waals surface area contributed by atoms with Crippen molar-refractivity contribution in [3.8, 4) is 12.3 Å². The summed E-state index contributed by atoms with van der Waals surface area (Å²) in [4.78, 5) is 50.3. The van der Waals surface area contributed by atoms with Crippen molar-refractivity contribution in [3.05, 3.63) is 48.2 Å². The van der Waals surface area contributed by atoms with E-state index in [2.05, 4.69) is 11.2 Å². The number of rotatable bonds is 16. The minimum Gasteiger partial charge on any atom is -0.463 e. The zero-order valence-corrected chi connectivity index (χ0v) is 21.1. The molecule has 0 fully saturated rings. The highest BCUT2D eigenvalue weighted by molar-refractivity contribution is 6.04. The summed E-state index contributed by atoms with van der Waals surface area (Å²) in [6.07, 6.45) is 6.49. The minimum absolute atomic E-state index is 0.00603. The van der Waals surface area contributed by atoms with E-state index in [0.717, 1.165) is 11.0 Å². The van der Waals surface area contributed by atoms with Crippen LogP contribution in [0, 0.1) is 12.3 Å². The summed E-state index contributed by atoms with van der Waals surface area (Å²) < 4.78 is 22.2. The number of likely N-dealkylation sites (N-methyl/N-ethyl adjacent to an activating group) is 1. The number of nitrogens with one attached hydrogen (secondary N) is 1. The number of nitrogens with zero attached hydrogens (tertiary/aromatic N) is 1. The maximum absolute atomic E-state index is 13.0. The minimum atomic E-state index is -2.07. The third-order valence-corrected chi connectivity index (χ3v) is 4.85. The average molecular weight is 503 g/mol. The van der Waals surface area contributed by atoms with Crippen molar-refractivity contribution < 1.29 is 38.1 Å². The van der Waals surface area contributed by atoms with Crippen LogP contribution in [-0.2, 0) is 44.5 Å². The van der Waals surface area contributed by atoms with Crippen molar-refractivity contribution in [1.82, 2.24) is 10.2 Å². The molecule has 1 rings (SSSR count). The van der Waals surface area contributed by atoms with Crippen LogP contribution in [0.15, 0.2) is 42.6 Å². The first kappa shape index (κ1) is 30.4. The normalized spacial score (nSPS) is 12.8. The van der Waals surface area contributed by atoms with Gasteiger partial charge in [-0.1, -0.05) is 30.3 Å². The number of carbonyl (C=O) groups is 4. The van der Waals surface area contributed by atoms with E-state index < -0.39 is 35.8 Å². The van der Waals surface area contributed by atoms with Gasteiger partial charge in [-0.3, -0.25) is 14.5 Å². The molecule has 0 spiro atoms. The molecule has 1 N–H and O–H groups in total. The SMILES string of the molecule is C#CCC(OC(C)COC(Cc1ccccc1)(C(=O)OCC)C(=O)OCC)N(C=O)/C=C\C(=O)NC. The molecule has 36 heavy (non-hydrogen) atoms. The number of hydrogen-bond acceptors (Lipinski definition) is 8. The Morgan fingerprint density at radius 1 is 1.14 bits per heavy atom. The van der Waals surface area contributed by atoms with E-state index in [1.54, 1.807) is 51.1 Å². The highest BCUT2D eigenvalue weighted by atomic mass is 16.6. The molecule has 2 atom stereocenters. The van der Waals surface area contributed by atoms with Crippen molar-refractivity contribution >= 4 is 24.3 Å². The first-order valence-electron chi connectivity index (χ1n) is 11.5. The second-order valence-corrected chi connectivity index (χ2v) is 7.53. The highest BCUT2D eigenvalue weighted by Crippen LogP contribution is 2.24. The number of ether oxygens (including phenoxy) is 4. The van der Waals surface area contributed by atoms with E-state index in [-0.39, 0.29) is 32.7 Å². The van der Waals surface area contributed by atoms with E-state index >= 15 is 0 Å². The highest BCUT2D eigenvalue weighted by Gasteiger charge is 2.51. The van der Waals surface area contributed by atoms with Crippen LogP contribution in [0.1, 0.15) is 32.8 Å². The molecule has 0 saturated carbocycles. The summed E-state index contributed by atoms with van der Waals surface area (Å²) in [5.74, 6) is 0.219. The summed E-state index contributed by atoms with van der Waals surface area (Å²) in [5.41, 5.74) is -1.42. The Morgan fingerprint density at radius 2 is 1.75 bits per heavy atom. The molecule has 0 aliphatic heterocycles. The molecule has 1 aromatic carbocycles. The number of hydrogen-bond donors (Lipinski definition) is 1. The number of terminal acetylenes is 1. The van der Waals surface area contributed by atoms with Crippen LogP contribution in [-0.4, -0.2) is 74.0 Å². The molecule has 10 nitrogen and oxygen atoms in total. The first-order valence-corrected chi connectivity index (χ1v) is 11.5. The Bertz CT molecular complexity index is 908. The Morgan fingerprint density at radius 3 is 2.25 bits per heavy atom. The fourth-order valence-corrected chi connectivity index (χ4v) is 3.10. The van der Waals surface area contributed by atoms with Crippen LogP contribution < -0.4 is 5.32 Å². The summed E-state index contributed by atoms with van der Waals surface area (Å²) in [5, 5.41) is 2.40. The van der Waals surface area contributed by atoms with Crippen molar-refractivity contribution in [3.63, 3.8) is 0 Å². The molecule has 0 aliphatic rings. The molecule has 1 aromatic rings. The van der Waals surface area contributed by atoms with E-state index in [4.69, 9.17) is 25.4 Å². The average Bonchev–Trinajstić information content (AvgIpc) is 2.87. The van der Waals surface area contributed by atoms with Crippen molar-refractivity contribution in [2.45, 2.75) is 51.5 Å². The van der Waals surface area contributed by atoms with Gasteiger partial charge in [-0.15, -0.1) is 12.3 Å². The van der Waals surface area contributed by atoms with E-state index in [1.165, 1.54) is 13.2 Å². The van der Waals surface area contributed by atoms with E-state index in [9.17, 15) is 19.2 Å². The zero-order chi connectivity index (χ0) is 27.0. The smallest absolute Gasteiger partial charge is 0.350 e. The molecule has 2 amide bonds. The van der Waals surface area contributed by atoms with Gasteiger partial charge >= 0.3 is 11.9 Å². The Hall–Kier alpha value is -3.68.